The average molecular weight is 276 g/mol. The summed E-state index contributed by atoms with van der Waals surface area (Å²) < 4.78 is 0. The number of nitrogens with one attached hydrogen (secondary N) is 1. The van der Waals surface area contributed by atoms with Crippen molar-refractivity contribution in [2.75, 3.05) is 0 Å². The van der Waals surface area contributed by atoms with Gasteiger partial charge in [-0.25, -0.2) is 0 Å². The summed E-state index contributed by atoms with van der Waals surface area (Å²) in [6.07, 6.45) is 6.92. The molecule has 1 fully saturated rings. The van der Waals surface area contributed by atoms with Crippen LogP contribution in [0.2, 0.25) is 0 Å². The molecule has 0 radical (unpaired) electrons. The lowest BCUT2D eigenvalue weighted by Crippen LogP contribution is -2.30. The molecule has 0 bridgehead atoms. The second kappa shape index (κ2) is 6.93. The highest BCUT2D eigenvalue weighted by atomic mass is 35.5. The first-order chi connectivity index (χ1) is 8.93. The smallest absolute Gasteiger partial charge is 0.0214 e. The van der Waals surface area contributed by atoms with E-state index in [9.17, 15) is 0 Å². The maximum atomic E-state index is 3.73. The molecule has 1 N–H and O–H groups in total. The van der Waals surface area contributed by atoms with Crippen molar-refractivity contribution in [1.29, 1.82) is 0 Å². The van der Waals surface area contributed by atoms with Gasteiger partial charge in [0.25, 0.3) is 0 Å². The summed E-state index contributed by atoms with van der Waals surface area (Å²) in [6.45, 7) is 1.01. The molecule has 0 aliphatic heterocycles. The molecule has 2 heteroatoms. The SMILES string of the molecule is Cl.c1ccc2c(CNC3CCCCC3)cccc2c1. The van der Waals surface area contributed by atoms with Crippen molar-refractivity contribution in [2.24, 2.45) is 0 Å². The molecule has 1 nitrogen and oxygen atoms in total. The van der Waals surface area contributed by atoms with E-state index in [0.29, 0.717) is 0 Å². The number of halogens is 1. The molecular weight excluding hydrogens is 254 g/mol. The van der Waals surface area contributed by atoms with Crippen molar-refractivity contribution in [3.8, 4) is 0 Å². The number of rotatable bonds is 3. The van der Waals surface area contributed by atoms with Gasteiger partial charge in [0, 0.05) is 12.6 Å². The molecular formula is C17H22ClN. The lowest BCUT2D eigenvalue weighted by Gasteiger charge is -2.23. The Morgan fingerprint density at radius 1 is 0.895 bits per heavy atom. The third-order valence-electron chi connectivity index (χ3n) is 4.07. The van der Waals surface area contributed by atoms with Gasteiger partial charge in [-0.05, 0) is 29.2 Å². The fourth-order valence-corrected chi connectivity index (χ4v) is 3.01. The highest BCUT2D eigenvalue weighted by Gasteiger charge is 2.12. The molecule has 1 saturated carbocycles. The second-order valence-electron chi connectivity index (χ2n) is 5.35. The van der Waals surface area contributed by atoms with Crippen LogP contribution in [0.3, 0.4) is 0 Å². The molecule has 19 heavy (non-hydrogen) atoms. The van der Waals surface area contributed by atoms with Crippen molar-refractivity contribution < 1.29 is 0 Å². The summed E-state index contributed by atoms with van der Waals surface area (Å²) in [5.74, 6) is 0. The summed E-state index contributed by atoms with van der Waals surface area (Å²) >= 11 is 0. The Bertz CT molecular complexity index is 512. The Balaban J connectivity index is 0.00000133. The largest absolute Gasteiger partial charge is 0.310 e. The minimum Gasteiger partial charge on any atom is -0.310 e. The maximum absolute atomic E-state index is 3.73. The molecule has 0 spiro atoms. The first-order valence-electron chi connectivity index (χ1n) is 7.13. The Morgan fingerprint density at radius 3 is 2.47 bits per heavy atom. The number of benzene rings is 2. The van der Waals surface area contributed by atoms with Crippen LogP contribution in [0.4, 0.5) is 0 Å². The van der Waals surface area contributed by atoms with Crippen molar-refractivity contribution in [3.63, 3.8) is 0 Å². The zero-order chi connectivity index (χ0) is 12.2. The Hall–Kier alpha value is -1.05. The van der Waals surface area contributed by atoms with Crippen LogP contribution in [0.25, 0.3) is 10.8 Å². The van der Waals surface area contributed by atoms with Crippen molar-refractivity contribution in [1.82, 2.24) is 5.32 Å². The Kier molecular flexibility index (Phi) is 5.24. The van der Waals surface area contributed by atoms with E-state index < -0.39 is 0 Å². The molecule has 0 unspecified atom stereocenters. The van der Waals surface area contributed by atoms with Crippen LogP contribution in [-0.2, 0) is 6.54 Å². The predicted molar refractivity (Wildman–Crippen MR) is 84.9 cm³/mol. The monoisotopic (exact) mass is 275 g/mol. The first kappa shape index (κ1) is 14.4. The third kappa shape index (κ3) is 3.49. The molecule has 0 atom stereocenters. The normalized spacial score (nSPS) is 16.2. The van der Waals surface area contributed by atoms with E-state index in [0.717, 1.165) is 12.6 Å². The fourth-order valence-electron chi connectivity index (χ4n) is 3.01. The van der Waals surface area contributed by atoms with E-state index in [2.05, 4.69) is 47.8 Å². The first-order valence-corrected chi connectivity index (χ1v) is 7.13. The molecule has 0 amide bonds. The van der Waals surface area contributed by atoms with Gasteiger partial charge in [0.05, 0.1) is 0 Å². The quantitative estimate of drug-likeness (QED) is 0.857. The zero-order valence-electron chi connectivity index (χ0n) is 11.3. The van der Waals surface area contributed by atoms with E-state index in [4.69, 9.17) is 0 Å². The van der Waals surface area contributed by atoms with Gasteiger partial charge in [0.2, 0.25) is 0 Å². The number of hydrogen-bond acceptors (Lipinski definition) is 1. The highest BCUT2D eigenvalue weighted by molar-refractivity contribution is 5.85. The van der Waals surface area contributed by atoms with Crippen LogP contribution in [-0.4, -0.2) is 6.04 Å². The van der Waals surface area contributed by atoms with Gasteiger partial charge in [-0.3, -0.25) is 0 Å². The minimum atomic E-state index is 0. The fraction of sp³-hybridized carbons (Fsp3) is 0.412. The summed E-state index contributed by atoms with van der Waals surface area (Å²) in [5.41, 5.74) is 1.43. The van der Waals surface area contributed by atoms with Gasteiger partial charge in [-0.1, -0.05) is 61.7 Å². The van der Waals surface area contributed by atoms with Crippen molar-refractivity contribution in [3.05, 3.63) is 48.0 Å². The van der Waals surface area contributed by atoms with Crippen LogP contribution in [0.1, 0.15) is 37.7 Å². The van der Waals surface area contributed by atoms with Gasteiger partial charge < -0.3 is 5.32 Å². The van der Waals surface area contributed by atoms with Crippen molar-refractivity contribution >= 4 is 23.2 Å². The topological polar surface area (TPSA) is 12.0 Å². The van der Waals surface area contributed by atoms with Crippen LogP contribution in [0, 0.1) is 0 Å². The molecule has 1 aliphatic rings. The average Bonchev–Trinajstić information content (AvgIpc) is 2.46. The molecule has 1 aliphatic carbocycles. The van der Waals surface area contributed by atoms with Gasteiger partial charge in [0.15, 0.2) is 0 Å². The molecule has 2 aromatic carbocycles. The second-order valence-corrected chi connectivity index (χ2v) is 5.35. The number of fused-ring (bicyclic) bond motifs is 1. The van der Waals surface area contributed by atoms with E-state index in [-0.39, 0.29) is 12.4 Å². The highest BCUT2D eigenvalue weighted by Crippen LogP contribution is 2.21. The van der Waals surface area contributed by atoms with Crippen LogP contribution in [0.15, 0.2) is 42.5 Å². The van der Waals surface area contributed by atoms with Crippen LogP contribution < -0.4 is 5.32 Å². The van der Waals surface area contributed by atoms with E-state index in [1.54, 1.807) is 0 Å². The number of hydrogen-bond donors (Lipinski definition) is 1. The Labute approximate surface area is 121 Å². The van der Waals surface area contributed by atoms with E-state index >= 15 is 0 Å². The summed E-state index contributed by atoms with van der Waals surface area (Å²) in [6, 6.07) is 16.0. The van der Waals surface area contributed by atoms with Gasteiger partial charge >= 0.3 is 0 Å². The minimum absolute atomic E-state index is 0. The summed E-state index contributed by atoms with van der Waals surface area (Å²) in [7, 11) is 0. The summed E-state index contributed by atoms with van der Waals surface area (Å²) in [5, 5.41) is 6.47. The molecule has 3 rings (SSSR count). The molecule has 0 saturated heterocycles. The van der Waals surface area contributed by atoms with E-state index in [1.807, 2.05) is 0 Å². The van der Waals surface area contributed by atoms with Gasteiger partial charge in [-0.2, -0.15) is 0 Å². The van der Waals surface area contributed by atoms with Gasteiger partial charge in [-0.15, -0.1) is 12.4 Å². The molecule has 2 aromatic rings. The van der Waals surface area contributed by atoms with Crippen LogP contribution >= 0.6 is 12.4 Å². The van der Waals surface area contributed by atoms with E-state index in [1.165, 1.54) is 48.4 Å². The Morgan fingerprint density at radius 2 is 1.63 bits per heavy atom. The molecule has 0 heterocycles. The molecule has 0 aromatic heterocycles. The molecule has 102 valence electrons. The summed E-state index contributed by atoms with van der Waals surface area (Å²) in [4.78, 5) is 0. The third-order valence-corrected chi connectivity index (χ3v) is 4.07. The standard InChI is InChI=1S/C17H21N.ClH/c1-2-10-16(11-3-1)18-13-15-9-6-8-14-7-4-5-12-17(14)15;/h4-9,12,16,18H,1-3,10-11,13H2;1H. The zero-order valence-corrected chi connectivity index (χ0v) is 12.1. The predicted octanol–water partition coefficient (Wildman–Crippen LogP) is 4.68. The van der Waals surface area contributed by atoms with Crippen molar-refractivity contribution in [2.45, 2.75) is 44.7 Å². The maximum Gasteiger partial charge on any atom is 0.0214 e. The lowest BCUT2D eigenvalue weighted by atomic mass is 9.95. The van der Waals surface area contributed by atoms with Gasteiger partial charge in [0.1, 0.15) is 0 Å². The lowest BCUT2D eigenvalue weighted by molar-refractivity contribution is 0.373. The van der Waals surface area contributed by atoms with Crippen LogP contribution in [0.5, 0.6) is 0 Å².